The van der Waals surface area contributed by atoms with E-state index in [9.17, 15) is 13.2 Å². The Morgan fingerprint density at radius 2 is 1.60 bits per heavy atom. The van der Waals surface area contributed by atoms with E-state index in [1.165, 1.54) is 11.8 Å². The molecule has 0 aliphatic carbocycles. The molecular weight excluding hydrogens is 504 g/mol. The zero-order chi connectivity index (χ0) is 24.8. The summed E-state index contributed by atoms with van der Waals surface area (Å²) in [6.45, 7) is 1.91. The van der Waals surface area contributed by atoms with Crippen LogP contribution in [0.5, 0.6) is 0 Å². The molecule has 4 aromatic rings. The van der Waals surface area contributed by atoms with E-state index in [-0.39, 0.29) is 22.4 Å². The number of para-hydroxylation sites is 1. The van der Waals surface area contributed by atoms with Gasteiger partial charge < -0.3 is 5.32 Å². The second kappa shape index (κ2) is 11.1. The van der Waals surface area contributed by atoms with Crippen LogP contribution in [-0.4, -0.2) is 34.3 Å². The zero-order valence-corrected chi connectivity index (χ0v) is 21.2. The lowest BCUT2D eigenvalue weighted by Crippen LogP contribution is -2.25. The molecule has 1 aromatic heterocycles. The fourth-order valence-electron chi connectivity index (χ4n) is 3.39. The van der Waals surface area contributed by atoms with Crippen molar-refractivity contribution in [2.75, 3.05) is 5.32 Å². The molecule has 1 atom stereocenters. The lowest BCUT2D eigenvalue weighted by molar-refractivity contribution is -0.115. The van der Waals surface area contributed by atoms with E-state index in [1.54, 1.807) is 59.2 Å². The quantitative estimate of drug-likeness (QED) is 0.293. The summed E-state index contributed by atoms with van der Waals surface area (Å²) < 4.78 is 27.8. The number of aromatic nitrogens is 3. The summed E-state index contributed by atoms with van der Waals surface area (Å²) in [5.41, 5.74) is 1.35. The number of anilines is 1. The summed E-state index contributed by atoms with van der Waals surface area (Å²) in [5.74, 6) is -0.246. The first-order chi connectivity index (χ1) is 16.9. The van der Waals surface area contributed by atoms with Gasteiger partial charge in [0.2, 0.25) is 5.91 Å². The van der Waals surface area contributed by atoms with Crippen LogP contribution in [0.4, 0.5) is 5.69 Å². The summed E-state index contributed by atoms with van der Waals surface area (Å²) in [6.07, 6.45) is 0.531. The average Bonchev–Trinajstić information content (AvgIpc) is 3.26. The number of nitrogens with one attached hydrogen (secondary N) is 1. The van der Waals surface area contributed by atoms with Crippen LogP contribution in [0.3, 0.4) is 0 Å². The van der Waals surface area contributed by atoms with Gasteiger partial charge in [-0.3, -0.25) is 9.36 Å². The number of rotatable bonds is 9. The Hall–Kier alpha value is -3.14. The van der Waals surface area contributed by atoms with Gasteiger partial charge in [-0.25, -0.2) is 8.42 Å². The van der Waals surface area contributed by atoms with Gasteiger partial charge in [-0.2, -0.15) is 0 Å². The Balaban J connectivity index is 1.63. The molecule has 0 saturated carbocycles. The van der Waals surface area contributed by atoms with E-state index in [4.69, 9.17) is 11.6 Å². The number of halogens is 1. The van der Waals surface area contributed by atoms with Crippen LogP contribution in [0.1, 0.15) is 19.2 Å². The maximum Gasteiger partial charge on any atom is 0.237 e. The molecule has 1 amide bonds. The number of carbonyl (C=O) groups excluding carboxylic acids is 1. The number of nitrogens with zero attached hydrogens (tertiary/aromatic N) is 3. The molecule has 0 bridgehead atoms. The average molecular weight is 527 g/mol. The van der Waals surface area contributed by atoms with Crippen LogP contribution in [0, 0.1) is 0 Å². The highest BCUT2D eigenvalue weighted by molar-refractivity contribution is 8.00. The van der Waals surface area contributed by atoms with Crippen molar-refractivity contribution in [3.8, 4) is 5.69 Å². The number of hydrogen-bond donors (Lipinski definition) is 1. The molecule has 0 saturated heterocycles. The number of benzene rings is 3. The van der Waals surface area contributed by atoms with E-state index in [1.807, 2.05) is 37.3 Å². The van der Waals surface area contributed by atoms with E-state index < -0.39 is 15.1 Å². The predicted octanol–water partition coefficient (Wildman–Crippen LogP) is 5.40. The summed E-state index contributed by atoms with van der Waals surface area (Å²) in [4.78, 5) is 13.2. The monoisotopic (exact) mass is 526 g/mol. The number of thioether (sulfide) groups is 1. The number of sulfone groups is 1. The minimum absolute atomic E-state index is 0.194. The molecule has 0 aliphatic heterocycles. The maximum atomic E-state index is 13.0. The van der Waals surface area contributed by atoms with Crippen molar-refractivity contribution >= 4 is 44.8 Å². The van der Waals surface area contributed by atoms with E-state index in [2.05, 4.69) is 15.5 Å². The van der Waals surface area contributed by atoms with Gasteiger partial charge in [0.25, 0.3) is 0 Å². The lowest BCUT2D eigenvalue weighted by atomic mass is 10.3. The fourth-order valence-corrected chi connectivity index (χ4v) is 5.78. The molecule has 4 rings (SSSR count). The third-order valence-electron chi connectivity index (χ3n) is 5.16. The molecule has 7 nitrogen and oxygen atoms in total. The van der Waals surface area contributed by atoms with Crippen molar-refractivity contribution in [2.45, 2.75) is 34.4 Å². The highest BCUT2D eigenvalue weighted by Crippen LogP contribution is 2.29. The standard InChI is InChI=1S/C25H23ClN4O3S2/c1-2-22(24(31)27-19-15-13-18(26)14-16-19)34-25-29-28-23(30(25)20-9-5-3-6-10-20)17-35(32,33)21-11-7-4-8-12-21/h3-16,22H,2,17H2,1H3,(H,27,31). The molecule has 1 unspecified atom stereocenters. The van der Waals surface area contributed by atoms with Gasteiger partial charge in [0.1, 0.15) is 5.75 Å². The Morgan fingerprint density at radius 3 is 2.23 bits per heavy atom. The molecule has 1 heterocycles. The van der Waals surface area contributed by atoms with Crippen LogP contribution in [-0.2, 0) is 20.4 Å². The third-order valence-corrected chi connectivity index (χ3v) is 8.35. The van der Waals surface area contributed by atoms with Gasteiger partial charge >= 0.3 is 0 Å². The number of amides is 1. The van der Waals surface area contributed by atoms with Crippen LogP contribution in [0.2, 0.25) is 5.02 Å². The van der Waals surface area contributed by atoms with Crippen LogP contribution in [0.15, 0.2) is 95.0 Å². The van der Waals surface area contributed by atoms with Gasteiger partial charge in [-0.05, 0) is 55.0 Å². The molecule has 3 aromatic carbocycles. The lowest BCUT2D eigenvalue weighted by Gasteiger charge is -2.16. The highest BCUT2D eigenvalue weighted by Gasteiger charge is 2.26. The van der Waals surface area contributed by atoms with Gasteiger partial charge in [0, 0.05) is 16.4 Å². The number of carbonyl (C=O) groups is 1. The molecule has 0 fully saturated rings. The van der Waals surface area contributed by atoms with Gasteiger partial charge in [-0.1, -0.05) is 66.7 Å². The Morgan fingerprint density at radius 1 is 0.971 bits per heavy atom. The highest BCUT2D eigenvalue weighted by atomic mass is 35.5. The molecule has 0 spiro atoms. The second-order valence-electron chi connectivity index (χ2n) is 7.65. The maximum absolute atomic E-state index is 13.0. The molecule has 0 radical (unpaired) electrons. The summed E-state index contributed by atoms with van der Waals surface area (Å²) >= 11 is 7.17. The first-order valence-corrected chi connectivity index (χ1v) is 13.8. The van der Waals surface area contributed by atoms with Crippen LogP contribution < -0.4 is 5.32 Å². The second-order valence-corrected chi connectivity index (χ2v) is 11.2. The molecule has 180 valence electrons. The van der Waals surface area contributed by atoms with Crippen molar-refractivity contribution < 1.29 is 13.2 Å². The van der Waals surface area contributed by atoms with Crippen molar-refractivity contribution in [3.63, 3.8) is 0 Å². The number of hydrogen-bond acceptors (Lipinski definition) is 6. The first kappa shape index (κ1) is 25.0. The van der Waals surface area contributed by atoms with Gasteiger partial charge in [0.15, 0.2) is 20.8 Å². The molecule has 0 aliphatic rings. The minimum Gasteiger partial charge on any atom is -0.325 e. The molecular formula is C25H23ClN4O3S2. The van der Waals surface area contributed by atoms with E-state index in [0.717, 1.165) is 0 Å². The van der Waals surface area contributed by atoms with E-state index in [0.29, 0.717) is 28.0 Å². The summed E-state index contributed by atoms with van der Waals surface area (Å²) in [6, 6.07) is 24.4. The smallest absolute Gasteiger partial charge is 0.237 e. The SMILES string of the molecule is CCC(Sc1nnc(CS(=O)(=O)c2ccccc2)n1-c1ccccc1)C(=O)Nc1ccc(Cl)cc1. The van der Waals surface area contributed by atoms with Gasteiger partial charge in [0.05, 0.1) is 10.1 Å². The normalized spacial score (nSPS) is 12.3. The summed E-state index contributed by atoms with van der Waals surface area (Å²) in [7, 11) is -3.65. The Bertz CT molecular complexity index is 1390. The summed E-state index contributed by atoms with van der Waals surface area (Å²) in [5, 5.41) is 11.9. The van der Waals surface area contributed by atoms with E-state index >= 15 is 0 Å². The van der Waals surface area contributed by atoms with Crippen molar-refractivity contribution in [1.82, 2.24) is 14.8 Å². The van der Waals surface area contributed by atoms with Crippen LogP contribution in [0.25, 0.3) is 5.69 Å². The largest absolute Gasteiger partial charge is 0.325 e. The molecule has 1 N–H and O–H groups in total. The minimum atomic E-state index is -3.65. The predicted molar refractivity (Wildman–Crippen MR) is 139 cm³/mol. The van der Waals surface area contributed by atoms with Crippen molar-refractivity contribution in [1.29, 1.82) is 0 Å². The van der Waals surface area contributed by atoms with Crippen LogP contribution >= 0.6 is 23.4 Å². The van der Waals surface area contributed by atoms with Gasteiger partial charge in [-0.15, -0.1) is 10.2 Å². The Kier molecular flexibility index (Phi) is 7.90. The fraction of sp³-hybridized carbons (Fsp3) is 0.160. The molecule has 10 heteroatoms. The first-order valence-electron chi connectivity index (χ1n) is 10.9. The Labute approximate surface area is 213 Å². The molecule has 35 heavy (non-hydrogen) atoms. The van der Waals surface area contributed by atoms with Crippen molar-refractivity contribution in [3.05, 3.63) is 95.8 Å². The third kappa shape index (κ3) is 6.11. The topological polar surface area (TPSA) is 93.9 Å². The van der Waals surface area contributed by atoms with Crippen molar-refractivity contribution in [2.24, 2.45) is 0 Å². The zero-order valence-electron chi connectivity index (χ0n) is 18.8.